The van der Waals surface area contributed by atoms with Crippen LogP contribution in [0.1, 0.15) is 66.2 Å². The molecular formula is C22H27N3O2. The fourth-order valence-corrected chi connectivity index (χ4v) is 3.58. The van der Waals surface area contributed by atoms with Gasteiger partial charge in [0.2, 0.25) is 0 Å². The third-order valence-electron chi connectivity index (χ3n) is 5.07. The van der Waals surface area contributed by atoms with Crippen molar-refractivity contribution in [3.63, 3.8) is 0 Å². The zero-order valence-corrected chi connectivity index (χ0v) is 15.9. The zero-order chi connectivity index (χ0) is 19.1. The van der Waals surface area contributed by atoms with Gasteiger partial charge in [0.25, 0.3) is 11.8 Å². The highest BCUT2D eigenvalue weighted by molar-refractivity contribution is 6.07. The largest absolute Gasteiger partial charge is 0.349 e. The number of aromatic nitrogens is 1. The first-order chi connectivity index (χ1) is 13.2. The molecule has 0 atom stereocenters. The summed E-state index contributed by atoms with van der Waals surface area (Å²) >= 11 is 0. The Kier molecular flexibility index (Phi) is 6.58. The van der Waals surface area contributed by atoms with E-state index in [-0.39, 0.29) is 17.9 Å². The Morgan fingerprint density at radius 2 is 1.70 bits per heavy atom. The van der Waals surface area contributed by atoms with Crippen LogP contribution in [0.5, 0.6) is 0 Å². The molecule has 5 heteroatoms. The number of carbonyl (C=O) groups is 2. The summed E-state index contributed by atoms with van der Waals surface area (Å²) in [5, 5.41) is 3.11. The Morgan fingerprint density at radius 1 is 1.04 bits per heavy atom. The summed E-state index contributed by atoms with van der Waals surface area (Å²) in [4.78, 5) is 31.4. The summed E-state index contributed by atoms with van der Waals surface area (Å²) in [7, 11) is 0. The van der Waals surface area contributed by atoms with Crippen LogP contribution in [0, 0.1) is 0 Å². The maximum atomic E-state index is 12.9. The van der Waals surface area contributed by atoms with Crippen LogP contribution in [0.3, 0.4) is 0 Å². The lowest BCUT2D eigenvalue weighted by molar-refractivity contribution is 0.0933. The molecule has 1 aliphatic rings. The van der Waals surface area contributed by atoms with Crippen LogP contribution < -0.4 is 10.2 Å². The molecule has 0 spiro atoms. The molecule has 2 amide bonds. The Bertz CT molecular complexity index is 768. The van der Waals surface area contributed by atoms with Gasteiger partial charge in [0.05, 0.1) is 11.1 Å². The summed E-state index contributed by atoms with van der Waals surface area (Å²) in [5.74, 6) is -0.299. The van der Waals surface area contributed by atoms with Gasteiger partial charge in [0, 0.05) is 30.7 Å². The smallest absolute Gasteiger partial charge is 0.259 e. The van der Waals surface area contributed by atoms with Crippen LogP contribution >= 0.6 is 0 Å². The second kappa shape index (κ2) is 9.31. The molecule has 1 saturated carbocycles. The molecule has 1 N–H and O–H groups in total. The summed E-state index contributed by atoms with van der Waals surface area (Å²) < 4.78 is 0. The van der Waals surface area contributed by atoms with Crippen molar-refractivity contribution in [1.82, 2.24) is 10.3 Å². The number of amides is 2. The van der Waals surface area contributed by atoms with Gasteiger partial charge in [0.15, 0.2) is 0 Å². The average molecular weight is 365 g/mol. The molecule has 0 bridgehead atoms. The van der Waals surface area contributed by atoms with E-state index in [9.17, 15) is 9.59 Å². The maximum Gasteiger partial charge on any atom is 0.259 e. The first kappa shape index (κ1) is 19.1. The fraction of sp³-hybridized carbons (Fsp3) is 0.409. The molecule has 1 heterocycles. The van der Waals surface area contributed by atoms with Crippen LogP contribution in [0.2, 0.25) is 0 Å². The van der Waals surface area contributed by atoms with E-state index in [0.29, 0.717) is 17.7 Å². The number of rotatable bonds is 5. The molecule has 0 aliphatic heterocycles. The van der Waals surface area contributed by atoms with E-state index in [2.05, 4.69) is 10.3 Å². The molecule has 1 aromatic carbocycles. The van der Waals surface area contributed by atoms with Crippen molar-refractivity contribution >= 4 is 17.5 Å². The summed E-state index contributed by atoms with van der Waals surface area (Å²) in [6, 6.07) is 11.4. The van der Waals surface area contributed by atoms with Crippen molar-refractivity contribution in [1.29, 1.82) is 0 Å². The molecule has 1 aliphatic carbocycles. The van der Waals surface area contributed by atoms with Gasteiger partial charge in [-0.3, -0.25) is 14.6 Å². The van der Waals surface area contributed by atoms with Crippen LogP contribution in [0.4, 0.5) is 5.69 Å². The Balaban J connectivity index is 1.74. The summed E-state index contributed by atoms with van der Waals surface area (Å²) in [6.45, 7) is 2.47. The predicted molar refractivity (Wildman–Crippen MR) is 107 cm³/mol. The first-order valence-electron chi connectivity index (χ1n) is 9.82. The van der Waals surface area contributed by atoms with Gasteiger partial charge < -0.3 is 10.2 Å². The van der Waals surface area contributed by atoms with Crippen molar-refractivity contribution in [3.05, 3.63) is 59.9 Å². The third kappa shape index (κ3) is 4.94. The van der Waals surface area contributed by atoms with Gasteiger partial charge in [-0.05, 0) is 38.0 Å². The first-order valence-corrected chi connectivity index (χ1v) is 9.82. The molecule has 0 radical (unpaired) electrons. The van der Waals surface area contributed by atoms with Crippen molar-refractivity contribution in [3.8, 4) is 0 Å². The Labute approximate surface area is 160 Å². The normalized spacial score (nSPS) is 15.0. The van der Waals surface area contributed by atoms with Crippen LogP contribution in [0.25, 0.3) is 0 Å². The molecule has 5 nitrogen and oxygen atoms in total. The van der Waals surface area contributed by atoms with Crippen LogP contribution in [0.15, 0.2) is 48.8 Å². The molecule has 3 rings (SSSR count). The highest BCUT2D eigenvalue weighted by atomic mass is 16.2. The number of anilines is 1. The number of nitrogens with zero attached hydrogens (tertiary/aromatic N) is 2. The predicted octanol–water partition coefficient (Wildman–Crippen LogP) is 4.20. The molecule has 142 valence electrons. The number of hydrogen-bond donors (Lipinski definition) is 1. The number of benzene rings is 1. The highest BCUT2D eigenvalue weighted by Crippen LogP contribution is 2.19. The minimum Gasteiger partial charge on any atom is -0.349 e. The van der Waals surface area contributed by atoms with Gasteiger partial charge in [-0.15, -0.1) is 0 Å². The minimum absolute atomic E-state index is 0.146. The second-order valence-electron chi connectivity index (χ2n) is 7.01. The standard InChI is InChI=1S/C22H27N3O2/c1-2-25(20-12-8-5-9-13-20)22(27)18-14-17(15-23-16-18)21(26)24-19-10-6-3-4-7-11-19/h5,8-9,12-16,19H,2-4,6-7,10-11H2,1H3,(H,24,26). The maximum absolute atomic E-state index is 12.9. The number of para-hydroxylation sites is 1. The van der Waals surface area contributed by atoms with Crippen molar-refractivity contribution < 1.29 is 9.59 Å². The molecule has 0 unspecified atom stereocenters. The van der Waals surface area contributed by atoms with Gasteiger partial charge in [-0.2, -0.15) is 0 Å². The van der Waals surface area contributed by atoms with Gasteiger partial charge in [0.1, 0.15) is 0 Å². The van der Waals surface area contributed by atoms with Crippen molar-refractivity contribution in [2.45, 2.75) is 51.5 Å². The zero-order valence-electron chi connectivity index (χ0n) is 15.9. The highest BCUT2D eigenvalue weighted by Gasteiger charge is 2.20. The van der Waals surface area contributed by atoms with E-state index in [0.717, 1.165) is 31.4 Å². The summed E-state index contributed by atoms with van der Waals surface area (Å²) in [5.41, 5.74) is 1.70. The lowest BCUT2D eigenvalue weighted by Crippen LogP contribution is -2.35. The lowest BCUT2D eigenvalue weighted by Gasteiger charge is -2.21. The van der Waals surface area contributed by atoms with E-state index in [1.807, 2.05) is 37.3 Å². The molecule has 1 aromatic heterocycles. The number of hydrogen-bond acceptors (Lipinski definition) is 3. The lowest BCUT2D eigenvalue weighted by atomic mass is 10.1. The minimum atomic E-state index is -0.152. The van der Waals surface area contributed by atoms with Crippen LogP contribution in [-0.4, -0.2) is 29.4 Å². The number of pyridine rings is 1. The molecule has 2 aromatic rings. The van der Waals surface area contributed by atoms with E-state index in [1.165, 1.54) is 25.2 Å². The van der Waals surface area contributed by atoms with Gasteiger partial charge in [-0.1, -0.05) is 43.9 Å². The Hall–Kier alpha value is -2.69. The quantitative estimate of drug-likeness (QED) is 0.808. The molecule has 0 saturated heterocycles. The van der Waals surface area contributed by atoms with E-state index in [1.54, 1.807) is 11.0 Å². The SMILES string of the molecule is CCN(C(=O)c1cncc(C(=O)NC2CCCCCC2)c1)c1ccccc1. The molecular weight excluding hydrogens is 338 g/mol. The van der Waals surface area contributed by atoms with E-state index >= 15 is 0 Å². The van der Waals surface area contributed by atoms with Crippen molar-refractivity contribution in [2.75, 3.05) is 11.4 Å². The van der Waals surface area contributed by atoms with Crippen LogP contribution in [-0.2, 0) is 0 Å². The molecule has 1 fully saturated rings. The number of carbonyl (C=O) groups excluding carboxylic acids is 2. The fourth-order valence-electron chi connectivity index (χ4n) is 3.58. The average Bonchev–Trinajstić information content (AvgIpc) is 2.98. The monoisotopic (exact) mass is 365 g/mol. The number of nitrogens with one attached hydrogen (secondary N) is 1. The van der Waals surface area contributed by atoms with E-state index < -0.39 is 0 Å². The third-order valence-corrected chi connectivity index (χ3v) is 5.07. The van der Waals surface area contributed by atoms with Gasteiger partial charge in [-0.25, -0.2) is 0 Å². The Morgan fingerprint density at radius 3 is 2.37 bits per heavy atom. The topological polar surface area (TPSA) is 62.3 Å². The van der Waals surface area contributed by atoms with Gasteiger partial charge >= 0.3 is 0 Å². The second-order valence-corrected chi connectivity index (χ2v) is 7.01. The summed E-state index contributed by atoms with van der Waals surface area (Å²) in [6.07, 6.45) is 9.89. The van der Waals surface area contributed by atoms with Crippen molar-refractivity contribution in [2.24, 2.45) is 0 Å². The molecule has 27 heavy (non-hydrogen) atoms. The van der Waals surface area contributed by atoms with E-state index in [4.69, 9.17) is 0 Å².